The highest BCUT2D eigenvalue weighted by Crippen LogP contribution is 2.43. The van der Waals surface area contributed by atoms with E-state index in [2.05, 4.69) is 0 Å². The van der Waals surface area contributed by atoms with E-state index in [1.165, 1.54) is 6.92 Å². The standard InChI is InChI=1S/C16H13ClF2N2O3/c1-3-23-16(22)11-7(2)24-15(21)8(6-20)12(11)13-9(17)4-5-10(18)14(13)19/h4-5,12H,3,21H2,1-2H3. The summed E-state index contributed by atoms with van der Waals surface area (Å²) in [5.41, 5.74) is 4.89. The van der Waals surface area contributed by atoms with Gasteiger partial charge in [0.25, 0.3) is 0 Å². The molecule has 0 saturated heterocycles. The fourth-order valence-corrected chi connectivity index (χ4v) is 2.71. The first-order chi connectivity index (χ1) is 11.3. The van der Waals surface area contributed by atoms with Crippen LogP contribution in [0.15, 0.2) is 34.9 Å². The number of allylic oxidation sites excluding steroid dienone is 2. The molecule has 1 heterocycles. The predicted octanol–water partition coefficient (Wildman–Crippen LogP) is 3.26. The molecule has 2 N–H and O–H groups in total. The van der Waals surface area contributed by atoms with E-state index in [1.54, 1.807) is 13.0 Å². The van der Waals surface area contributed by atoms with E-state index in [0.717, 1.165) is 12.1 Å². The van der Waals surface area contributed by atoms with Crippen LogP contribution in [-0.2, 0) is 14.3 Å². The van der Waals surface area contributed by atoms with Crippen LogP contribution in [0.25, 0.3) is 0 Å². The molecule has 1 aliphatic heterocycles. The number of rotatable bonds is 3. The van der Waals surface area contributed by atoms with Crippen LogP contribution >= 0.6 is 11.6 Å². The molecular weight excluding hydrogens is 342 g/mol. The van der Waals surface area contributed by atoms with Crippen molar-refractivity contribution < 1.29 is 23.0 Å². The molecule has 0 fully saturated rings. The normalized spacial score (nSPS) is 17.4. The zero-order valence-electron chi connectivity index (χ0n) is 12.8. The van der Waals surface area contributed by atoms with E-state index in [1.807, 2.05) is 0 Å². The van der Waals surface area contributed by atoms with Crippen LogP contribution in [-0.4, -0.2) is 12.6 Å². The summed E-state index contributed by atoms with van der Waals surface area (Å²) >= 11 is 6.00. The lowest BCUT2D eigenvalue weighted by molar-refractivity contribution is -0.139. The zero-order valence-corrected chi connectivity index (χ0v) is 13.6. The van der Waals surface area contributed by atoms with Gasteiger partial charge in [-0.15, -0.1) is 0 Å². The zero-order chi connectivity index (χ0) is 18.0. The van der Waals surface area contributed by atoms with Crippen LogP contribution < -0.4 is 5.73 Å². The summed E-state index contributed by atoms with van der Waals surface area (Å²) < 4.78 is 38.2. The lowest BCUT2D eigenvalue weighted by Gasteiger charge is -2.27. The molecular formula is C16H13ClF2N2O3. The molecule has 1 unspecified atom stereocenters. The topological polar surface area (TPSA) is 85.3 Å². The second-order valence-electron chi connectivity index (χ2n) is 4.87. The van der Waals surface area contributed by atoms with Crippen LogP contribution in [0, 0.1) is 23.0 Å². The van der Waals surface area contributed by atoms with Gasteiger partial charge in [-0.3, -0.25) is 0 Å². The molecule has 126 valence electrons. The molecule has 1 aromatic rings. The van der Waals surface area contributed by atoms with Crippen LogP contribution in [0.3, 0.4) is 0 Å². The van der Waals surface area contributed by atoms with E-state index in [4.69, 9.17) is 26.8 Å². The van der Waals surface area contributed by atoms with Gasteiger partial charge in [0.05, 0.1) is 18.1 Å². The van der Waals surface area contributed by atoms with Crippen molar-refractivity contribution in [1.82, 2.24) is 0 Å². The number of carbonyl (C=O) groups excluding carboxylic acids is 1. The highest BCUT2D eigenvalue weighted by atomic mass is 35.5. The van der Waals surface area contributed by atoms with Crippen molar-refractivity contribution in [2.75, 3.05) is 6.61 Å². The SMILES string of the molecule is CCOC(=O)C1=C(C)OC(N)=C(C#N)C1c1c(Cl)ccc(F)c1F. The first-order valence-electron chi connectivity index (χ1n) is 6.92. The number of ether oxygens (including phenoxy) is 2. The van der Waals surface area contributed by atoms with Gasteiger partial charge in [-0.1, -0.05) is 11.6 Å². The van der Waals surface area contributed by atoms with Gasteiger partial charge in [-0.2, -0.15) is 5.26 Å². The summed E-state index contributed by atoms with van der Waals surface area (Å²) in [6, 6.07) is 3.74. The third kappa shape index (κ3) is 2.93. The Morgan fingerprint density at radius 3 is 2.75 bits per heavy atom. The van der Waals surface area contributed by atoms with Crippen LogP contribution in [0.4, 0.5) is 8.78 Å². The molecule has 0 amide bonds. The average molecular weight is 355 g/mol. The molecule has 1 aromatic carbocycles. The average Bonchev–Trinajstić information content (AvgIpc) is 2.51. The number of halogens is 3. The lowest BCUT2D eigenvalue weighted by Crippen LogP contribution is -2.26. The van der Waals surface area contributed by atoms with Gasteiger partial charge < -0.3 is 15.2 Å². The third-order valence-electron chi connectivity index (χ3n) is 3.47. The maximum Gasteiger partial charge on any atom is 0.338 e. The molecule has 0 aromatic heterocycles. The smallest absolute Gasteiger partial charge is 0.338 e. The van der Waals surface area contributed by atoms with Gasteiger partial charge >= 0.3 is 5.97 Å². The van der Waals surface area contributed by atoms with E-state index in [-0.39, 0.29) is 40.0 Å². The maximum absolute atomic E-state index is 14.4. The Morgan fingerprint density at radius 2 is 2.17 bits per heavy atom. The Labute approximate surface area is 141 Å². The molecule has 0 spiro atoms. The van der Waals surface area contributed by atoms with Crippen LogP contribution in [0.1, 0.15) is 25.3 Å². The first kappa shape index (κ1) is 17.8. The van der Waals surface area contributed by atoms with Crippen molar-refractivity contribution >= 4 is 17.6 Å². The highest BCUT2D eigenvalue weighted by molar-refractivity contribution is 6.31. The molecule has 2 rings (SSSR count). The number of hydrogen-bond donors (Lipinski definition) is 1. The predicted molar refractivity (Wildman–Crippen MR) is 81.4 cm³/mol. The number of hydrogen-bond acceptors (Lipinski definition) is 5. The third-order valence-corrected chi connectivity index (χ3v) is 3.80. The van der Waals surface area contributed by atoms with Crippen molar-refractivity contribution in [2.45, 2.75) is 19.8 Å². The fraction of sp³-hybridized carbons (Fsp3) is 0.250. The van der Waals surface area contributed by atoms with E-state index < -0.39 is 23.5 Å². The van der Waals surface area contributed by atoms with Crippen molar-refractivity contribution in [2.24, 2.45) is 5.73 Å². The van der Waals surface area contributed by atoms with Crippen molar-refractivity contribution in [3.05, 3.63) is 57.1 Å². The van der Waals surface area contributed by atoms with Gasteiger partial charge in [0.1, 0.15) is 17.4 Å². The summed E-state index contributed by atoms with van der Waals surface area (Å²) in [6.07, 6.45) is 0. The first-order valence-corrected chi connectivity index (χ1v) is 7.30. The molecule has 5 nitrogen and oxygen atoms in total. The lowest BCUT2D eigenvalue weighted by atomic mass is 9.82. The maximum atomic E-state index is 14.4. The quantitative estimate of drug-likeness (QED) is 0.665. The summed E-state index contributed by atoms with van der Waals surface area (Å²) in [5.74, 6) is -4.89. The molecule has 1 atom stereocenters. The minimum Gasteiger partial charge on any atom is -0.463 e. The number of carbonyl (C=O) groups is 1. The van der Waals surface area contributed by atoms with Gasteiger partial charge in [0.15, 0.2) is 11.6 Å². The minimum absolute atomic E-state index is 0.0228. The van der Waals surface area contributed by atoms with Crippen LogP contribution in [0.5, 0.6) is 0 Å². The van der Waals surface area contributed by atoms with Crippen LogP contribution in [0.2, 0.25) is 5.02 Å². The molecule has 1 aliphatic rings. The van der Waals surface area contributed by atoms with E-state index in [0.29, 0.717) is 0 Å². The number of nitrogens with zero attached hydrogens (tertiary/aromatic N) is 1. The van der Waals surface area contributed by atoms with E-state index >= 15 is 0 Å². The van der Waals surface area contributed by atoms with Gasteiger partial charge in [0, 0.05) is 10.6 Å². The second-order valence-corrected chi connectivity index (χ2v) is 5.28. The number of benzene rings is 1. The number of esters is 1. The summed E-state index contributed by atoms with van der Waals surface area (Å²) in [5, 5.41) is 9.20. The summed E-state index contributed by atoms with van der Waals surface area (Å²) in [6.45, 7) is 3.03. The van der Waals surface area contributed by atoms with Crippen molar-refractivity contribution in [3.8, 4) is 6.07 Å². The molecule has 8 heteroatoms. The van der Waals surface area contributed by atoms with E-state index in [9.17, 15) is 18.8 Å². The Bertz CT molecular complexity index is 812. The van der Waals surface area contributed by atoms with Crippen molar-refractivity contribution in [1.29, 1.82) is 5.26 Å². The van der Waals surface area contributed by atoms with Crippen molar-refractivity contribution in [3.63, 3.8) is 0 Å². The number of nitrogens with two attached hydrogens (primary N) is 1. The fourth-order valence-electron chi connectivity index (χ4n) is 2.45. The Kier molecular flexibility index (Phi) is 5.10. The second kappa shape index (κ2) is 6.89. The van der Waals surface area contributed by atoms with Gasteiger partial charge in [-0.05, 0) is 26.0 Å². The molecule has 24 heavy (non-hydrogen) atoms. The Hall–Kier alpha value is -2.59. The van der Waals surface area contributed by atoms with Gasteiger partial charge in [-0.25, -0.2) is 13.6 Å². The Balaban J connectivity index is 2.77. The number of nitriles is 1. The molecule has 0 aliphatic carbocycles. The summed E-state index contributed by atoms with van der Waals surface area (Å²) in [7, 11) is 0. The Morgan fingerprint density at radius 1 is 1.50 bits per heavy atom. The monoisotopic (exact) mass is 354 g/mol. The molecule has 0 radical (unpaired) electrons. The highest BCUT2D eigenvalue weighted by Gasteiger charge is 2.39. The minimum atomic E-state index is -1.33. The molecule has 0 saturated carbocycles. The largest absolute Gasteiger partial charge is 0.463 e. The summed E-state index contributed by atoms with van der Waals surface area (Å²) in [4.78, 5) is 12.3. The molecule has 0 bridgehead atoms. The van der Waals surface area contributed by atoms with Gasteiger partial charge in [0.2, 0.25) is 5.88 Å².